The summed E-state index contributed by atoms with van der Waals surface area (Å²) in [6.07, 6.45) is 11.5. The van der Waals surface area contributed by atoms with E-state index >= 15 is 0 Å². The highest BCUT2D eigenvalue weighted by Crippen LogP contribution is 2.42. The molecule has 2 aromatic carbocycles. The number of aldehydes is 1. The third-order valence-electron chi connectivity index (χ3n) is 5.84. The van der Waals surface area contributed by atoms with Gasteiger partial charge in [0.15, 0.2) is 6.29 Å². The molecule has 0 amide bonds. The van der Waals surface area contributed by atoms with Crippen LogP contribution in [-0.4, -0.2) is 12.8 Å². The molecule has 28 heavy (non-hydrogen) atoms. The van der Waals surface area contributed by atoms with Crippen molar-refractivity contribution >= 4 is 28.8 Å². The number of fused-ring (bicyclic) bond motifs is 2. The maximum absolute atomic E-state index is 11.9. The van der Waals surface area contributed by atoms with Crippen molar-refractivity contribution in [3.63, 3.8) is 0 Å². The summed E-state index contributed by atoms with van der Waals surface area (Å²) in [5.74, 6) is 0. The van der Waals surface area contributed by atoms with Crippen molar-refractivity contribution in [2.24, 2.45) is 0 Å². The Morgan fingerprint density at radius 2 is 1.29 bits per heavy atom. The fourth-order valence-corrected chi connectivity index (χ4v) is 4.24. The summed E-state index contributed by atoms with van der Waals surface area (Å²) in [5.41, 5.74) is 6.45. The molecule has 0 atom stereocenters. The second-order valence-corrected chi connectivity index (χ2v) is 7.82. The van der Waals surface area contributed by atoms with Crippen LogP contribution in [-0.2, 0) is 4.79 Å². The van der Waals surface area contributed by atoms with E-state index in [0.29, 0.717) is 0 Å². The molecule has 148 valence electrons. The molecule has 1 aliphatic rings. The van der Waals surface area contributed by atoms with Gasteiger partial charge in [-0.05, 0) is 31.1 Å². The summed E-state index contributed by atoms with van der Waals surface area (Å²) in [4.78, 5) is 14.4. The molecule has 0 aliphatic carbocycles. The summed E-state index contributed by atoms with van der Waals surface area (Å²) < 4.78 is 0. The van der Waals surface area contributed by atoms with E-state index in [-0.39, 0.29) is 0 Å². The maximum Gasteiger partial charge on any atom is 0.151 e. The molecule has 0 aromatic heterocycles. The first-order chi connectivity index (χ1) is 13.8. The number of unbranched alkanes of at least 4 members (excludes halogenated alkanes) is 7. The number of allylic oxidation sites excluding steroid dienone is 2. The van der Waals surface area contributed by atoms with Gasteiger partial charge in [0.1, 0.15) is 0 Å². The van der Waals surface area contributed by atoms with E-state index in [9.17, 15) is 4.79 Å². The molecule has 2 heteroatoms. The predicted molar refractivity (Wildman–Crippen MR) is 121 cm³/mol. The van der Waals surface area contributed by atoms with Gasteiger partial charge in [-0.3, -0.25) is 4.79 Å². The number of hydrogen-bond acceptors (Lipinski definition) is 2. The molecule has 0 fully saturated rings. The lowest BCUT2D eigenvalue weighted by atomic mass is 9.97. The number of carbonyl (C=O) groups excluding carboxylic acids is 1. The smallest absolute Gasteiger partial charge is 0.151 e. The van der Waals surface area contributed by atoms with Crippen molar-refractivity contribution in [1.29, 1.82) is 0 Å². The van der Waals surface area contributed by atoms with E-state index < -0.39 is 0 Å². The number of benzene rings is 2. The van der Waals surface area contributed by atoms with Gasteiger partial charge in [0, 0.05) is 34.6 Å². The van der Waals surface area contributed by atoms with E-state index in [0.717, 1.165) is 35.2 Å². The van der Waals surface area contributed by atoms with Gasteiger partial charge in [0.05, 0.1) is 0 Å². The van der Waals surface area contributed by atoms with Crippen LogP contribution in [0.2, 0.25) is 0 Å². The molecular weight excluding hydrogens is 342 g/mol. The Hall–Kier alpha value is -2.35. The van der Waals surface area contributed by atoms with Crippen LogP contribution in [0.5, 0.6) is 0 Å². The van der Waals surface area contributed by atoms with Crippen LogP contribution in [0, 0.1) is 0 Å². The number of anilines is 2. The lowest BCUT2D eigenvalue weighted by molar-refractivity contribution is -0.103. The van der Waals surface area contributed by atoms with Gasteiger partial charge in [-0.15, -0.1) is 0 Å². The van der Waals surface area contributed by atoms with Crippen LogP contribution in [0.15, 0.2) is 48.5 Å². The highest BCUT2D eigenvalue weighted by atomic mass is 16.1. The normalized spacial score (nSPS) is 13.1. The summed E-state index contributed by atoms with van der Waals surface area (Å²) in [5, 5.41) is 0. The van der Waals surface area contributed by atoms with E-state index in [1.54, 1.807) is 0 Å². The minimum absolute atomic E-state index is 0.807. The van der Waals surface area contributed by atoms with Gasteiger partial charge in [-0.1, -0.05) is 88.3 Å². The fourth-order valence-electron chi connectivity index (χ4n) is 4.24. The summed E-state index contributed by atoms with van der Waals surface area (Å²) >= 11 is 0. The first-order valence-corrected chi connectivity index (χ1v) is 10.9. The van der Waals surface area contributed by atoms with Crippen molar-refractivity contribution in [2.45, 2.75) is 65.2 Å². The average molecular weight is 376 g/mol. The SMILES string of the molecule is CCCCCCCCCCN1c2ccccc2C(C)=C(C=O)c2ccccc21. The third-order valence-corrected chi connectivity index (χ3v) is 5.84. The molecule has 0 radical (unpaired) electrons. The molecular formula is C26H33NO. The first-order valence-electron chi connectivity index (χ1n) is 10.9. The quantitative estimate of drug-likeness (QED) is 0.318. The average Bonchev–Trinajstić information content (AvgIpc) is 2.83. The van der Waals surface area contributed by atoms with Gasteiger partial charge in [0.25, 0.3) is 0 Å². The molecule has 0 bridgehead atoms. The van der Waals surface area contributed by atoms with Crippen LogP contribution in [0.4, 0.5) is 11.4 Å². The Morgan fingerprint density at radius 3 is 1.93 bits per heavy atom. The highest BCUT2D eigenvalue weighted by Gasteiger charge is 2.23. The maximum atomic E-state index is 11.9. The Kier molecular flexibility index (Phi) is 7.47. The minimum atomic E-state index is 0.807. The van der Waals surface area contributed by atoms with Gasteiger partial charge in [-0.2, -0.15) is 0 Å². The van der Waals surface area contributed by atoms with Crippen LogP contribution in [0.3, 0.4) is 0 Å². The van der Waals surface area contributed by atoms with Gasteiger partial charge < -0.3 is 4.90 Å². The van der Waals surface area contributed by atoms with Gasteiger partial charge in [0.2, 0.25) is 0 Å². The Morgan fingerprint density at radius 1 is 0.750 bits per heavy atom. The number of carbonyl (C=O) groups is 1. The molecule has 0 saturated carbocycles. The first kappa shape index (κ1) is 20.4. The van der Waals surface area contributed by atoms with Crippen molar-refractivity contribution in [3.8, 4) is 0 Å². The molecule has 0 saturated heterocycles. The number of hydrogen-bond donors (Lipinski definition) is 0. The zero-order valence-electron chi connectivity index (χ0n) is 17.4. The Labute approximate surface area is 170 Å². The van der Waals surface area contributed by atoms with Crippen molar-refractivity contribution < 1.29 is 4.79 Å². The van der Waals surface area contributed by atoms with Crippen LogP contribution >= 0.6 is 0 Å². The lowest BCUT2D eigenvalue weighted by Gasteiger charge is -2.27. The summed E-state index contributed by atoms with van der Waals surface area (Å²) in [7, 11) is 0. The molecule has 2 nitrogen and oxygen atoms in total. The Bertz CT molecular complexity index is 821. The Balaban J connectivity index is 1.77. The van der Waals surface area contributed by atoms with E-state index in [1.165, 1.54) is 62.6 Å². The molecule has 0 unspecified atom stereocenters. The molecule has 2 aromatic rings. The zero-order valence-corrected chi connectivity index (χ0v) is 17.4. The monoisotopic (exact) mass is 375 g/mol. The van der Waals surface area contributed by atoms with E-state index in [4.69, 9.17) is 0 Å². The fraction of sp³-hybridized carbons (Fsp3) is 0.423. The lowest BCUT2D eigenvalue weighted by Crippen LogP contribution is -2.20. The highest BCUT2D eigenvalue weighted by molar-refractivity contribution is 6.20. The third kappa shape index (κ3) is 4.55. The molecule has 3 rings (SSSR count). The second-order valence-electron chi connectivity index (χ2n) is 7.82. The minimum Gasteiger partial charge on any atom is -0.340 e. The number of rotatable bonds is 10. The topological polar surface area (TPSA) is 20.3 Å². The van der Waals surface area contributed by atoms with Gasteiger partial charge in [-0.25, -0.2) is 0 Å². The predicted octanol–water partition coefficient (Wildman–Crippen LogP) is 7.41. The largest absolute Gasteiger partial charge is 0.340 e. The number of nitrogens with zero attached hydrogens (tertiary/aromatic N) is 1. The molecule has 0 spiro atoms. The van der Waals surface area contributed by atoms with Gasteiger partial charge >= 0.3 is 0 Å². The second kappa shape index (κ2) is 10.3. The summed E-state index contributed by atoms with van der Waals surface area (Å²) in [6.45, 7) is 5.32. The van der Waals surface area contributed by atoms with E-state index in [2.05, 4.69) is 61.2 Å². The molecule has 0 N–H and O–H groups in total. The van der Waals surface area contributed by atoms with Crippen molar-refractivity contribution in [2.75, 3.05) is 11.4 Å². The summed E-state index contributed by atoms with van der Waals surface area (Å²) in [6, 6.07) is 16.8. The molecule has 1 heterocycles. The molecule has 1 aliphatic heterocycles. The van der Waals surface area contributed by atoms with Crippen LogP contribution in [0.1, 0.15) is 76.3 Å². The van der Waals surface area contributed by atoms with Crippen LogP contribution < -0.4 is 4.90 Å². The zero-order chi connectivity index (χ0) is 19.8. The number of para-hydroxylation sites is 2. The van der Waals surface area contributed by atoms with Crippen molar-refractivity contribution in [1.82, 2.24) is 0 Å². The standard InChI is InChI=1S/C26H33NO/c1-3-4-5-6-7-8-9-14-19-27-25-17-12-10-15-22(25)21(2)24(20-28)23-16-11-13-18-26(23)27/h10-13,15-18,20H,3-9,14,19H2,1-2H3. The van der Waals surface area contributed by atoms with Crippen molar-refractivity contribution in [3.05, 3.63) is 59.7 Å². The van der Waals surface area contributed by atoms with Crippen LogP contribution in [0.25, 0.3) is 11.1 Å². The van der Waals surface area contributed by atoms with E-state index in [1.807, 2.05) is 6.07 Å².